The molecule has 2 N–H and O–H groups in total. The third-order valence-corrected chi connectivity index (χ3v) is 2.02. The summed E-state index contributed by atoms with van der Waals surface area (Å²) in [6.07, 6.45) is 0.549. The van der Waals surface area contributed by atoms with Crippen LogP contribution < -0.4 is 0 Å². The molecule has 2 aromatic rings. The number of fused-ring (bicyclic) bond motifs is 1. The maximum Gasteiger partial charge on any atom is 0.341 e. The smallest absolute Gasteiger partial charge is 0.341 e. The summed E-state index contributed by atoms with van der Waals surface area (Å²) in [4.78, 5) is 25.3. The third-order valence-electron chi connectivity index (χ3n) is 2.02. The molecule has 0 saturated heterocycles. The number of nitrogens with zero attached hydrogens (tertiary/aromatic N) is 1. The van der Waals surface area contributed by atoms with Crippen LogP contribution >= 0.6 is 0 Å². The predicted octanol–water partition coefficient (Wildman–Crippen LogP) is 1.38. The van der Waals surface area contributed by atoms with Gasteiger partial charge in [0.15, 0.2) is 5.58 Å². The Balaban J connectivity index is 2.57. The first kappa shape index (κ1) is 10.9. The molecule has 0 amide bonds. The molecule has 1 aromatic heterocycles. The van der Waals surface area contributed by atoms with Crippen LogP contribution in [0.5, 0.6) is 0 Å². The molecule has 0 atom stereocenters. The van der Waals surface area contributed by atoms with Gasteiger partial charge in [-0.05, 0) is 12.1 Å². The Morgan fingerprint density at radius 3 is 2.53 bits per heavy atom. The van der Waals surface area contributed by atoms with Crippen molar-refractivity contribution < 1.29 is 24.2 Å². The van der Waals surface area contributed by atoms with Crippen LogP contribution in [0.15, 0.2) is 34.8 Å². The molecular weight excluding hydrogens is 226 g/mol. The molecule has 0 saturated carbocycles. The molecule has 2 rings (SSSR count). The Morgan fingerprint density at radius 1 is 1.24 bits per heavy atom. The first-order valence-electron chi connectivity index (χ1n) is 4.62. The van der Waals surface area contributed by atoms with Crippen molar-refractivity contribution in [3.05, 3.63) is 36.2 Å². The van der Waals surface area contributed by atoms with E-state index in [1.807, 2.05) is 0 Å². The molecule has 0 aliphatic rings. The quantitative estimate of drug-likeness (QED) is 0.776. The Kier molecular flexibility index (Phi) is 2.61. The highest BCUT2D eigenvalue weighted by molar-refractivity contribution is 6.18. The van der Waals surface area contributed by atoms with Gasteiger partial charge in [-0.2, -0.15) is 0 Å². The van der Waals surface area contributed by atoms with Gasteiger partial charge >= 0.3 is 11.9 Å². The van der Waals surface area contributed by atoms with Gasteiger partial charge in [-0.3, -0.25) is 0 Å². The zero-order chi connectivity index (χ0) is 12.4. The highest BCUT2D eigenvalue weighted by Gasteiger charge is 2.18. The van der Waals surface area contributed by atoms with E-state index in [2.05, 4.69) is 4.98 Å². The molecule has 0 fully saturated rings. The molecule has 0 radical (unpaired) electrons. The normalized spacial score (nSPS) is 11.6. The number of hydrogen-bond acceptors (Lipinski definition) is 4. The summed E-state index contributed by atoms with van der Waals surface area (Å²) in [7, 11) is 0. The van der Waals surface area contributed by atoms with E-state index in [-0.39, 0.29) is 5.89 Å². The van der Waals surface area contributed by atoms with Crippen molar-refractivity contribution in [3.8, 4) is 0 Å². The zero-order valence-corrected chi connectivity index (χ0v) is 8.45. The minimum Gasteiger partial charge on any atom is -0.478 e. The van der Waals surface area contributed by atoms with Crippen molar-refractivity contribution in [3.63, 3.8) is 0 Å². The van der Waals surface area contributed by atoms with E-state index in [0.29, 0.717) is 17.2 Å². The number of rotatable bonds is 3. The number of benzene rings is 1. The molecule has 0 bridgehead atoms. The van der Waals surface area contributed by atoms with E-state index in [1.54, 1.807) is 24.3 Å². The Hall–Kier alpha value is -2.63. The second-order valence-electron chi connectivity index (χ2n) is 3.19. The van der Waals surface area contributed by atoms with Crippen molar-refractivity contribution >= 4 is 28.6 Å². The predicted molar refractivity (Wildman–Crippen MR) is 57.3 cm³/mol. The number of carboxylic acid groups (broad SMARTS) is 2. The minimum absolute atomic E-state index is 0.221. The van der Waals surface area contributed by atoms with Gasteiger partial charge in [-0.15, -0.1) is 0 Å². The highest BCUT2D eigenvalue weighted by atomic mass is 16.4. The highest BCUT2D eigenvalue weighted by Crippen LogP contribution is 2.20. The standard InChI is InChI=1S/C11H7NO5/c13-9(14)5-6(11(15)16)10-12-7-3-1-2-4-8(7)17-10/h1-5H,(H,13,14)(H,15,16)/b6-5-. The summed E-state index contributed by atoms with van der Waals surface area (Å²) in [5.41, 5.74) is 0.383. The Morgan fingerprint density at radius 2 is 1.94 bits per heavy atom. The van der Waals surface area contributed by atoms with Gasteiger partial charge in [0.05, 0.1) is 0 Å². The van der Waals surface area contributed by atoms with Crippen molar-refractivity contribution in [2.24, 2.45) is 0 Å². The summed E-state index contributed by atoms with van der Waals surface area (Å²) in [6, 6.07) is 6.68. The fourth-order valence-electron chi connectivity index (χ4n) is 1.33. The average Bonchev–Trinajstić information content (AvgIpc) is 2.68. The van der Waals surface area contributed by atoms with Crippen LogP contribution in [-0.4, -0.2) is 27.1 Å². The fourth-order valence-corrected chi connectivity index (χ4v) is 1.33. The second-order valence-corrected chi connectivity index (χ2v) is 3.19. The maximum absolute atomic E-state index is 10.9. The van der Waals surface area contributed by atoms with E-state index >= 15 is 0 Å². The topological polar surface area (TPSA) is 101 Å². The van der Waals surface area contributed by atoms with Gasteiger partial charge in [-0.1, -0.05) is 12.1 Å². The lowest BCUT2D eigenvalue weighted by atomic mass is 10.2. The van der Waals surface area contributed by atoms with Gasteiger partial charge in [0.25, 0.3) is 0 Å². The van der Waals surface area contributed by atoms with Crippen LogP contribution in [0.3, 0.4) is 0 Å². The van der Waals surface area contributed by atoms with Gasteiger partial charge < -0.3 is 14.6 Å². The number of hydrogen-bond donors (Lipinski definition) is 2. The van der Waals surface area contributed by atoms with E-state index in [4.69, 9.17) is 14.6 Å². The minimum atomic E-state index is -1.40. The molecule has 6 heteroatoms. The van der Waals surface area contributed by atoms with Gasteiger partial charge in [0.2, 0.25) is 5.89 Å². The Bertz CT molecular complexity index is 593. The summed E-state index contributed by atoms with van der Waals surface area (Å²) >= 11 is 0. The summed E-state index contributed by atoms with van der Waals surface area (Å²) in [5.74, 6) is -3.00. The molecular formula is C11H7NO5. The van der Waals surface area contributed by atoms with E-state index in [9.17, 15) is 9.59 Å². The number of aliphatic carboxylic acids is 2. The molecule has 0 aliphatic carbocycles. The Labute approximate surface area is 94.8 Å². The van der Waals surface area contributed by atoms with Crippen molar-refractivity contribution in [1.29, 1.82) is 0 Å². The number of carbonyl (C=O) groups is 2. The lowest BCUT2D eigenvalue weighted by molar-refractivity contribution is -0.133. The first-order valence-corrected chi connectivity index (χ1v) is 4.62. The van der Waals surface area contributed by atoms with Crippen LogP contribution in [-0.2, 0) is 9.59 Å². The monoisotopic (exact) mass is 233 g/mol. The van der Waals surface area contributed by atoms with E-state index < -0.39 is 17.5 Å². The molecule has 0 unspecified atom stereocenters. The number of aromatic nitrogens is 1. The van der Waals surface area contributed by atoms with E-state index in [0.717, 1.165) is 0 Å². The number of oxazole rings is 1. The molecule has 86 valence electrons. The maximum atomic E-state index is 10.9. The van der Waals surface area contributed by atoms with E-state index in [1.165, 1.54) is 0 Å². The van der Waals surface area contributed by atoms with Gasteiger partial charge in [-0.25, -0.2) is 14.6 Å². The van der Waals surface area contributed by atoms with Gasteiger partial charge in [0, 0.05) is 6.08 Å². The molecule has 1 aromatic carbocycles. The summed E-state index contributed by atoms with van der Waals surface area (Å²) in [6.45, 7) is 0. The summed E-state index contributed by atoms with van der Waals surface area (Å²) < 4.78 is 5.17. The largest absolute Gasteiger partial charge is 0.478 e. The van der Waals surface area contributed by atoms with Crippen molar-refractivity contribution in [1.82, 2.24) is 4.98 Å². The van der Waals surface area contributed by atoms with Crippen LogP contribution in [0, 0.1) is 0 Å². The lowest BCUT2D eigenvalue weighted by Gasteiger charge is -1.93. The van der Waals surface area contributed by atoms with Crippen LogP contribution in [0.1, 0.15) is 5.89 Å². The van der Waals surface area contributed by atoms with Gasteiger partial charge in [0.1, 0.15) is 11.1 Å². The average molecular weight is 233 g/mol. The van der Waals surface area contributed by atoms with Crippen molar-refractivity contribution in [2.75, 3.05) is 0 Å². The fraction of sp³-hybridized carbons (Fsp3) is 0. The lowest BCUT2D eigenvalue weighted by Crippen LogP contribution is -2.03. The first-order chi connectivity index (χ1) is 8.08. The third kappa shape index (κ3) is 2.15. The van der Waals surface area contributed by atoms with Crippen LogP contribution in [0.25, 0.3) is 16.7 Å². The van der Waals surface area contributed by atoms with Crippen LogP contribution in [0.2, 0.25) is 0 Å². The SMILES string of the molecule is O=C(O)/C=C(\C(=O)O)c1nc2ccccc2o1. The number of carboxylic acids is 2. The molecule has 0 spiro atoms. The molecule has 0 aliphatic heterocycles. The zero-order valence-electron chi connectivity index (χ0n) is 8.45. The van der Waals surface area contributed by atoms with Crippen LogP contribution in [0.4, 0.5) is 0 Å². The summed E-state index contributed by atoms with van der Waals surface area (Å²) in [5, 5.41) is 17.4. The molecule has 1 heterocycles. The second kappa shape index (κ2) is 4.09. The number of para-hydroxylation sites is 2. The molecule has 6 nitrogen and oxygen atoms in total. The van der Waals surface area contributed by atoms with Crippen molar-refractivity contribution in [2.45, 2.75) is 0 Å². The molecule has 17 heavy (non-hydrogen) atoms.